The lowest BCUT2D eigenvalue weighted by Gasteiger charge is -2.14. The molecule has 0 aliphatic heterocycles. The van der Waals surface area contributed by atoms with E-state index < -0.39 is 0 Å². The third kappa shape index (κ3) is 4.60. The summed E-state index contributed by atoms with van der Waals surface area (Å²) in [7, 11) is 0. The Morgan fingerprint density at radius 2 is 1.86 bits per heavy atom. The third-order valence-electron chi connectivity index (χ3n) is 3.26. The van der Waals surface area contributed by atoms with Crippen LogP contribution >= 0.6 is 0 Å². The number of carbonyl (C=O) groups is 1. The summed E-state index contributed by atoms with van der Waals surface area (Å²) >= 11 is 0. The van der Waals surface area contributed by atoms with E-state index in [0.717, 1.165) is 11.3 Å². The highest BCUT2D eigenvalue weighted by atomic mass is 16.1. The van der Waals surface area contributed by atoms with E-state index >= 15 is 0 Å². The normalized spacial score (nSPS) is 10.4. The van der Waals surface area contributed by atoms with Crippen molar-refractivity contribution in [3.8, 4) is 0 Å². The Bertz CT molecular complexity index is 582. The van der Waals surface area contributed by atoms with Gasteiger partial charge in [0.1, 0.15) is 0 Å². The molecule has 0 aliphatic rings. The molecule has 2 rings (SSSR count). The first-order chi connectivity index (χ1) is 10.2. The van der Waals surface area contributed by atoms with Gasteiger partial charge in [-0.1, -0.05) is 32.0 Å². The number of rotatable bonds is 6. The molecule has 1 amide bonds. The Kier molecular flexibility index (Phi) is 5.32. The zero-order valence-electron chi connectivity index (χ0n) is 12.5. The van der Waals surface area contributed by atoms with Crippen LogP contribution in [0.3, 0.4) is 0 Å². The lowest BCUT2D eigenvalue weighted by Crippen LogP contribution is -2.29. The minimum atomic E-state index is -0.0228. The lowest BCUT2D eigenvalue weighted by molar-refractivity contribution is -0.119. The number of anilines is 1. The number of pyridine rings is 1. The molecule has 0 unspecified atom stereocenters. The van der Waals surface area contributed by atoms with E-state index in [1.165, 1.54) is 5.56 Å². The maximum atomic E-state index is 11.9. The SMILES string of the molecule is CC(C)c1ccccc1NCC(=O)NCc1ccncc1. The van der Waals surface area contributed by atoms with Gasteiger partial charge < -0.3 is 10.6 Å². The second kappa shape index (κ2) is 7.43. The van der Waals surface area contributed by atoms with Crippen LogP contribution in [0.4, 0.5) is 5.69 Å². The van der Waals surface area contributed by atoms with Crippen LogP contribution in [0.1, 0.15) is 30.9 Å². The minimum absolute atomic E-state index is 0.0228. The molecule has 0 spiro atoms. The molecule has 0 fully saturated rings. The van der Waals surface area contributed by atoms with Crippen LogP contribution in [0.2, 0.25) is 0 Å². The van der Waals surface area contributed by atoms with E-state index in [-0.39, 0.29) is 12.5 Å². The van der Waals surface area contributed by atoms with E-state index in [1.807, 2.05) is 30.3 Å². The fourth-order valence-electron chi connectivity index (χ4n) is 2.10. The van der Waals surface area contributed by atoms with Gasteiger partial charge in [-0.2, -0.15) is 0 Å². The van der Waals surface area contributed by atoms with E-state index in [9.17, 15) is 4.79 Å². The zero-order chi connectivity index (χ0) is 15.1. The van der Waals surface area contributed by atoms with Gasteiger partial charge in [-0.25, -0.2) is 0 Å². The molecule has 0 saturated heterocycles. The predicted octanol–water partition coefficient (Wildman–Crippen LogP) is 2.93. The fraction of sp³-hybridized carbons (Fsp3) is 0.294. The third-order valence-corrected chi connectivity index (χ3v) is 3.26. The second-order valence-electron chi connectivity index (χ2n) is 5.23. The molecule has 2 N–H and O–H groups in total. The highest BCUT2D eigenvalue weighted by Gasteiger charge is 2.07. The number of amides is 1. The number of aromatic nitrogens is 1. The summed E-state index contributed by atoms with van der Waals surface area (Å²) in [6, 6.07) is 11.9. The predicted molar refractivity (Wildman–Crippen MR) is 85.1 cm³/mol. The molecule has 0 atom stereocenters. The molecule has 0 aliphatic carbocycles. The summed E-state index contributed by atoms with van der Waals surface area (Å²) < 4.78 is 0. The Labute approximate surface area is 125 Å². The Morgan fingerprint density at radius 1 is 1.14 bits per heavy atom. The number of hydrogen-bond acceptors (Lipinski definition) is 3. The number of hydrogen-bond donors (Lipinski definition) is 2. The van der Waals surface area contributed by atoms with Gasteiger partial charge in [0.15, 0.2) is 0 Å². The van der Waals surface area contributed by atoms with Crippen molar-refractivity contribution in [3.05, 3.63) is 59.9 Å². The first kappa shape index (κ1) is 15.0. The van der Waals surface area contributed by atoms with E-state index in [1.54, 1.807) is 12.4 Å². The molecule has 1 aromatic carbocycles. The van der Waals surface area contributed by atoms with Gasteiger partial charge in [0, 0.05) is 24.6 Å². The Balaban J connectivity index is 1.84. The van der Waals surface area contributed by atoms with Gasteiger partial charge in [-0.15, -0.1) is 0 Å². The smallest absolute Gasteiger partial charge is 0.239 e. The molecule has 1 heterocycles. The van der Waals surface area contributed by atoms with Crippen molar-refractivity contribution in [1.82, 2.24) is 10.3 Å². The topological polar surface area (TPSA) is 54.0 Å². The van der Waals surface area contributed by atoms with Gasteiger partial charge in [-0.3, -0.25) is 9.78 Å². The van der Waals surface area contributed by atoms with E-state index in [0.29, 0.717) is 12.5 Å². The maximum absolute atomic E-state index is 11.9. The maximum Gasteiger partial charge on any atom is 0.239 e. The van der Waals surface area contributed by atoms with Crippen molar-refractivity contribution in [3.63, 3.8) is 0 Å². The van der Waals surface area contributed by atoms with Crippen molar-refractivity contribution in [2.45, 2.75) is 26.3 Å². The van der Waals surface area contributed by atoms with Crippen molar-refractivity contribution >= 4 is 11.6 Å². The molecule has 0 bridgehead atoms. The summed E-state index contributed by atoms with van der Waals surface area (Å²) in [5, 5.41) is 6.09. The molecular weight excluding hydrogens is 262 g/mol. The van der Waals surface area contributed by atoms with E-state index in [4.69, 9.17) is 0 Å². The number of nitrogens with one attached hydrogen (secondary N) is 2. The lowest BCUT2D eigenvalue weighted by atomic mass is 10.0. The minimum Gasteiger partial charge on any atom is -0.376 e. The van der Waals surface area contributed by atoms with Gasteiger partial charge in [-0.05, 0) is 35.2 Å². The monoisotopic (exact) mass is 283 g/mol. The largest absolute Gasteiger partial charge is 0.376 e. The Morgan fingerprint density at radius 3 is 2.57 bits per heavy atom. The summed E-state index contributed by atoms with van der Waals surface area (Å²) in [5.74, 6) is 0.402. The van der Waals surface area contributed by atoms with Crippen LogP contribution in [-0.4, -0.2) is 17.4 Å². The average Bonchev–Trinajstić information content (AvgIpc) is 2.52. The summed E-state index contributed by atoms with van der Waals surface area (Å²) in [6.07, 6.45) is 3.44. The van der Waals surface area contributed by atoms with Crippen molar-refractivity contribution < 1.29 is 4.79 Å². The Hall–Kier alpha value is -2.36. The number of carbonyl (C=O) groups excluding carboxylic acids is 1. The highest BCUT2D eigenvalue weighted by molar-refractivity contribution is 5.81. The first-order valence-electron chi connectivity index (χ1n) is 7.15. The van der Waals surface area contributed by atoms with Gasteiger partial charge in [0.25, 0.3) is 0 Å². The van der Waals surface area contributed by atoms with Gasteiger partial charge in [0.05, 0.1) is 6.54 Å². The van der Waals surface area contributed by atoms with Crippen LogP contribution in [0.5, 0.6) is 0 Å². The standard InChI is InChI=1S/C17H21N3O/c1-13(2)15-5-3-4-6-16(15)19-12-17(21)20-11-14-7-9-18-10-8-14/h3-10,13,19H,11-12H2,1-2H3,(H,20,21). The first-order valence-corrected chi connectivity index (χ1v) is 7.15. The molecule has 1 aromatic heterocycles. The fourth-order valence-corrected chi connectivity index (χ4v) is 2.10. The van der Waals surface area contributed by atoms with Crippen LogP contribution in [0, 0.1) is 0 Å². The van der Waals surface area contributed by atoms with Crippen molar-refractivity contribution in [1.29, 1.82) is 0 Å². The van der Waals surface area contributed by atoms with Gasteiger partial charge in [0.2, 0.25) is 5.91 Å². The molecule has 0 radical (unpaired) electrons. The summed E-state index contributed by atoms with van der Waals surface area (Å²) in [5.41, 5.74) is 3.28. The molecule has 4 heteroatoms. The second-order valence-corrected chi connectivity index (χ2v) is 5.23. The van der Waals surface area contributed by atoms with Crippen molar-refractivity contribution in [2.75, 3.05) is 11.9 Å². The van der Waals surface area contributed by atoms with Crippen LogP contribution in [0.15, 0.2) is 48.8 Å². The molecule has 0 saturated carbocycles. The van der Waals surface area contributed by atoms with Crippen LogP contribution < -0.4 is 10.6 Å². The summed E-state index contributed by atoms with van der Waals surface area (Å²) in [6.45, 7) is 5.08. The number of para-hydroxylation sites is 1. The molecule has 110 valence electrons. The molecule has 2 aromatic rings. The van der Waals surface area contributed by atoms with Crippen molar-refractivity contribution in [2.24, 2.45) is 0 Å². The zero-order valence-corrected chi connectivity index (χ0v) is 12.5. The summed E-state index contributed by atoms with van der Waals surface area (Å²) in [4.78, 5) is 15.8. The molecule has 4 nitrogen and oxygen atoms in total. The van der Waals surface area contributed by atoms with Crippen LogP contribution in [-0.2, 0) is 11.3 Å². The van der Waals surface area contributed by atoms with Gasteiger partial charge >= 0.3 is 0 Å². The number of nitrogens with zero attached hydrogens (tertiary/aromatic N) is 1. The molecule has 21 heavy (non-hydrogen) atoms. The van der Waals surface area contributed by atoms with E-state index in [2.05, 4.69) is 35.5 Å². The number of benzene rings is 1. The average molecular weight is 283 g/mol. The quantitative estimate of drug-likeness (QED) is 0.857. The molecular formula is C17H21N3O. The van der Waals surface area contributed by atoms with Crippen LogP contribution in [0.25, 0.3) is 0 Å². The highest BCUT2D eigenvalue weighted by Crippen LogP contribution is 2.23.